The van der Waals surface area contributed by atoms with E-state index in [2.05, 4.69) is 20.3 Å². The Morgan fingerprint density at radius 1 is 0.853 bits per heavy atom. The first kappa shape index (κ1) is 23.2. The Balaban J connectivity index is 1.45. The van der Waals surface area contributed by atoms with Crippen LogP contribution in [-0.4, -0.2) is 32.6 Å². The summed E-state index contributed by atoms with van der Waals surface area (Å²) in [5, 5.41) is 5.36. The minimum absolute atomic E-state index is 0.0247. The van der Waals surface area contributed by atoms with Crippen molar-refractivity contribution >= 4 is 39.0 Å². The largest absolute Gasteiger partial charge is 0.459 e. The smallest absolute Gasteiger partial charge is 0.291 e. The Bertz CT molecular complexity index is 1320. The van der Waals surface area contributed by atoms with Gasteiger partial charge in [-0.25, -0.2) is 8.42 Å². The molecule has 0 unspecified atom stereocenters. The number of rotatable bonds is 6. The molecule has 0 atom stereocenters. The summed E-state index contributed by atoms with van der Waals surface area (Å²) in [4.78, 5) is 29.3. The summed E-state index contributed by atoms with van der Waals surface area (Å²) in [7, 11) is -3.83. The molecular formula is C24H24N4O5S. The first-order chi connectivity index (χ1) is 16.4. The lowest BCUT2D eigenvalue weighted by atomic mass is 10.1. The van der Waals surface area contributed by atoms with Crippen LogP contribution in [0.15, 0.2) is 81.2 Å². The topological polar surface area (TPSA) is 130 Å². The molecule has 9 nitrogen and oxygen atoms in total. The molecular weight excluding hydrogens is 456 g/mol. The molecule has 176 valence electrons. The normalized spacial score (nSPS) is 13.9. The number of amidine groups is 1. The van der Waals surface area contributed by atoms with Gasteiger partial charge < -0.3 is 15.1 Å². The number of amides is 2. The number of furan rings is 1. The molecule has 0 saturated carbocycles. The fourth-order valence-corrected chi connectivity index (χ4v) is 4.59. The van der Waals surface area contributed by atoms with Crippen LogP contribution >= 0.6 is 0 Å². The number of sulfonamides is 1. The van der Waals surface area contributed by atoms with Gasteiger partial charge in [0.1, 0.15) is 5.84 Å². The van der Waals surface area contributed by atoms with Crippen LogP contribution in [0.1, 0.15) is 46.6 Å². The molecule has 1 aromatic heterocycles. The van der Waals surface area contributed by atoms with Crippen LogP contribution in [0.2, 0.25) is 0 Å². The first-order valence-corrected chi connectivity index (χ1v) is 12.3. The molecule has 0 aliphatic carbocycles. The van der Waals surface area contributed by atoms with E-state index in [0.29, 0.717) is 30.2 Å². The van der Waals surface area contributed by atoms with Crippen LogP contribution in [0.25, 0.3) is 0 Å². The van der Waals surface area contributed by atoms with Gasteiger partial charge in [-0.1, -0.05) is 18.6 Å². The molecule has 0 radical (unpaired) electrons. The van der Waals surface area contributed by atoms with Crippen LogP contribution in [0, 0.1) is 0 Å². The zero-order valence-electron chi connectivity index (χ0n) is 18.3. The molecule has 4 rings (SSSR count). The van der Waals surface area contributed by atoms with E-state index in [1.165, 1.54) is 30.5 Å². The SMILES string of the molecule is O=C(Nc1cccc(S(=O)(=O)NC2=NCCCCC2)c1)c1cccc(NC(=O)c2ccco2)c1. The van der Waals surface area contributed by atoms with E-state index in [1.54, 1.807) is 36.4 Å². The number of carbonyl (C=O) groups is 2. The number of anilines is 2. The summed E-state index contributed by atoms with van der Waals surface area (Å²) in [5.74, 6) is -0.285. The summed E-state index contributed by atoms with van der Waals surface area (Å²) in [5.41, 5.74) is 1.02. The van der Waals surface area contributed by atoms with Crippen molar-refractivity contribution in [3.05, 3.63) is 78.3 Å². The highest BCUT2D eigenvalue weighted by atomic mass is 32.2. The van der Waals surface area contributed by atoms with Crippen LogP contribution in [0.5, 0.6) is 0 Å². The van der Waals surface area contributed by atoms with Gasteiger partial charge in [-0.3, -0.25) is 19.3 Å². The molecule has 0 saturated heterocycles. The quantitative estimate of drug-likeness (QED) is 0.490. The highest BCUT2D eigenvalue weighted by Crippen LogP contribution is 2.19. The number of aliphatic imine (C=N–C) groups is 1. The fourth-order valence-electron chi connectivity index (χ4n) is 3.45. The van der Waals surface area contributed by atoms with Crippen molar-refractivity contribution in [1.82, 2.24) is 4.72 Å². The van der Waals surface area contributed by atoms with Crippen molar-refractivity contribution in [2.24, 2.45) is 4.99 Å². The minimum atomic E-state index is -3.83. The maximum Gasteiger partial charge on any atom is 0.291 e. The lowest BCUT2D eigenvalue weighted by Gasteiger charge is -2.12. The van der Waals surface area contributed by atoms with Gasteiger partial charge in [-0.2, -0.15) is 0 Å². The van der Waals surface area contributed by atoms with Crippen molar-refractivity contribution in [1.29, 1.82) is 0 Å². The molecule has 2 aromatic carbocycles. The van der Waals surface area contributed by atoms with Gasteiger partial charge in [0.15, 0.2) is 5.76 Å². The van der Waals surface area contributed by atoms with Gasteiger partial charge in [0.25, 0.3) is 21.8 Å². The second kappa shape index (κ2) is 10.3. The minimum Gasteiger partial charge on any atom is -0.459 e. The number of nitrogens with one attached hydrogen (secondary N) is 3. The van der Waals surface area contributed by atoms with E-state index in [0.717, 1.165) is 19.3 Å². The van der Waals surface area contributed by atoms with Crippen molar-refractivity contribution in [2.45, 2.75) is 30.6 Å². The molecule has 34 heavy (non-hydrogen) atoms. The molecule has 0 spiro atoms. The Morgan fingerprint density at radius 2 is 1.62 bits per heavy atom. The molecule has 3 N–H and O–H groups in total. The summed E-state index contributed by atoms with van der Waals surface area (Å²) < 4.78 is 33.3. The van der Waals surface area contributed by atoms with E-state index >= 15 is 0 Å². The molecule has 1 aliphatic heterocycles. The van der Waals surface area contributed by atoms with E-state index in [-0.39, 0.29) is 16.2 Å². The van der Waals surface area contributed by atoms with E-state index in [9.17, 15) is 18.0 Å². The standard InChI is InChI=1S/C24H24N4O5S/c29-23(17-7-4-8-18(15-17)27-24(30)21-11-6-14-33-21)26-19-9-5-10-20(16-19)34(31,32)28-22-12-2-1-3-13-25-22/h4-11,14-16H,1-3,12-13H2,(H,25,28)(H,26,29)(H,27,30). The monoisotopic (exact) mass is 480 g/mol. The molecule has 1 aliphatic rings. The van der Waals surface area contributed by atoms with Crippen molar-refractivity contribution < 1.29 is 22.4 Å². The van der Waals surface area contributed by atoms with Crippen LogP contribution < -0.4 is 15.4 Å². The average Bonchev–Trinajstić information content (AvgIpc) is 3.25. The third-order valence-electron chi connectivity index (χ3n) is 5.16. The zero-order valence-corrected chi connectivity index (χ0v) is 19.1. The predicted octanol–water partition coefficient (Wildman–Crippen LogP) is 4.04. The Hall–Kier alpha value is -3.92. The average molecular weight is 481 g/mol. The van der Waals surface area contributed by atoms with Gasteiger partial charge in [0.05, 0.1) is 11.2 Å². The molecule has 10 heteroatoms. The molecule has 3 aromatic rings. The van der Waals surface area contributed by atoms with E-state index in [1.807, 2.05) is 0 Å². The summed E-state index contributed by atoms with van der Waals surface area (Å²) in [6.45, 7) is 0.606. The summed E-state index contributed by atoms with van der Waals surface area (Å²) in [6, 6.07) is 15.5. The lowest BCUT2D eigenvalue weighted by Crippen LogP contribution is -2.30. The number of carbonyl (C=O) groups excluding carboxylic acids is 2. The third kappa shape index (κ3) is 5.90. The summed E-state index contributed by atoms with van der Waals surface area (Å²) in [6.07, 6.45) is 4.83. The number of nitrogens with zero attached hydrogens (tertiary/aromatic N) is 1. The zero-order chi connectivity index (χ0) is 24.0. The van der Waals surface area contributed by atoms with Crippen molar-refractivity contribution in [3.63, 3.8) is 0 Å². The number of hydrogen-bond donors (Lipinski definition) is 3. The van der Waals surface area contributed by atoms with Crippen molar-refractivity contribution in [2.75, 3.05) is 17.2 Å². The predicted molar refractivity (Wildman–Crippen MR) is 129 cm³/mol. The van der Waals surface area contributed by atoms with Gasteiger partial charge in [0, 0.05) is 29.9 Å². The maximum atomic E-state index is 12.8. The van der Waals surface area contributed by atoms with Gasteiger partial charge in [-0.05, 0) is 61.4 Å². The van der Waals surface area contributed by atoms with E-state index in [4.69, 9.17) is 4.42 Å². The third-order valence-corrected chi connectivity index (χ3v) is 6.54. The summed E-state index contributed by atoms with van der Waals surface area (Å²) >= 11 is 0. The van der Waals surface area contributed by atoms with Gasteiger partial charge in [0.2, 0.25) is 0 Å². The molecule has 0 fully saturated rings. The fraction of sp³-hybridized carbons (Fsp3) is 0.208. The van der Waals surface area contributed by atoms with Crippen LogP contribution in [0.4, 0.5) is 11.4 Å². The Labute approximate surface area is 197 Å². The maximum absolute atomic E-state index is 12.8. The Morgan fingerprint density at radius 3 is 2.41 bits per heavy atom. The van der Waals surface area contributed by atoms with Crippen LogP contribution in [0.3, 0.4) is 0 Å². The second-order valence-corrected chi connectivity index (χ2v) is 9.42. The highest BCUT2D eigenvalue weighted by molar-refractivity contribution is 7.90. The highest BCUT2D eigenvalue weighted by Gasteiger charge is 2.18. The van der Waals surface area contributed by atoms with Gasteiger partial charge >= 0.3 is 0 Å². The van der Waals surface area contributed by atoms with Crippen molar-refractivity contribution in [3.8, 4) is 0 Å². The van der Waals surface area contributed by atoms with Gasteiger partial charge in [-0.15, -0.1) is 0 Å². The first-order valence-electron chi connectivity index (χ1n) is 10.8. The van der Waals surface area contributed by atoms with E-state index < -0.39 is 21.8 Å². The number of benzene rings is 2. The number of hydrogen-bond acceptors (Lipinski definition) is 6. The molecule has 2 amide bonds. The lowest BCUT2D eigenvalue weighted by molar-refractivity contribution is 0.0993. The van der Waals surface area contributed by atoms with Crippen LogP contribution in [-0.2, 0) is 10.0 Å². The molecule has 0 bridgehead atoms. The second-order valence-electron chi connectivity index (χ2n) is 7.74. The Kier molecular flexibility index (Phi) is 7.07. The molecule has 2 heterocycles.